The number of benzene rings is 1. The van der Waals surface area contributed by atoms with Gasteiger partial charge in [-0.1, -0.05) is 23.9 Å². The summed E-state index contributed by atoms with van der Waals surface area (Å²) in [6.45, 7) is 1.75. The van der Waals surface area contributed by atoms with Crippen LogP contribution < -0.4 is 5.56 Å². The van der Waals surface area contributed by atoms with Crippen molar-refractivity contribution in [2.75, 3.05) is 5.75 Å². The maximum absolute atomic E-state index is 12.0. The first-order valence-corrected chi connectivity index (χ1v) is 7.60. The Balaban J connectivity index is 2.04. The topological polar surface area (TPSA) is 62.8 Å². The zero-order valence-corrected chi connectivity index (χ0v) is 13.1. The fraction of sp³-hybridized carbons (Fsp3) is 0.154. The van der Waals surface area contributed by atoms with Crippen molar-refractivity contribution < 1.29 is 4.79 Å². The van der Waals surface area contributed by atoms with Crippen LogP contribution in [0.15, 0.2) is 40.3 Å². The van der Waals surface area contributed by atoms with E-state index in [-0.39, 0.29) is 17.1 Å². The number of carbonyl (C=O) groups is 1. The second-order valence-electron chi connectivity index (χ2n) is 3.91. The van der Waals surface area contributed by atoms with Crippen LogP contribution in [0.3, 0.4) is 0 Å². The van der Waals surface area contributed by atoms with Crippen molar-refractivity contribution in [2.45, 2.75) is 12.1 Å². The van der Waals surface area contributed by atoms with Crippen LogP contribution in [-0.4, -0.2) is 21.5 Å². The number of rotatable bonds is 4. The minimum absolute atomic E-state index is 0.0190. The normalized spacial score (nSPS) is 10.4. The van der Waals surface area contributed by atoms with Gasteiger partial charge in [0.1, 0.15) is 0 Å². The first-order chi connectivity index (χ1) is 9.04. The number of thioether (sulfide) groups is 1. The molecule has 1 aromatic heterocycles. The van der Waals surface area contributed by atoms with Gasteiger partial charge in [0.2, 0.25) is 0 Å². The molecule has 6 heteroatoms. The lowest BCUT2D eigenvalue weighted by Crippen LogP contribution is -2.10. The highest BCUT2D eigenvalue weighted by Crippen LogP contribution is 2.15. The third-order valence-electron chi connectivity index (χ3n) is 2.35. The molecule has 19 heavy (non-hydrogen) atoms. The number of aromatic amines is 1. The summed E-state index contributed by atoms with van der Waals surface area (Å²) in [7, 11) is 0. The van der Waals surface area contributed by atoms with Crippen molar-refractivity contribution in [2.24, 2.45) is 0 Å². The Labute approximate surface area is 128 Å². The minimum atomic E-state index is -0.197. The molecule has 0 saturated carbocycles. The van der Waals surface area contributed by atoms with Gasteiger partial charge in [-0.25, -0.2) is 4.98 Å². The number of hydrogen-bond acceptors (Lipinski definition) is 4. The van der Waals surface area contributed by atoms with Gasteiger partial charge in [0.15, 0.2) is 10.9 Å². The number of H-pyrrole nitrogens is 1. The fourth-order valence-electron chi connectivity index (χ4n) is 1.47. The Kier molecular flexibility index (Phi) is 4.76. The van der Waals surface area contributed by atoms with Gasteiger partial charge in [-0.2, -0.15) is 0 Å². The first kappa shape index (κ1) is 14.3. The summed E-state index contributed by atoms with van der Waals surface area (Å²) in [6, 6.07) is 8.82. The molecule has 0 atom stereocenters. The molecule has 0 amide bonds. The van der Waals surface area contributed by atoms with Crippen LogP contribution in [0.1, 0.15) is 16.1 Å². The Morgan fingerprint density at radius 3 is 2.68 bits per heavy atom. The molecule has 0 aliphatic carbocycles. The summed E-state index contributed by atoms with van der Waals surface area (Å²) in [5.41, 5.74) is 1.12. The fourth-order valence-corrected chi connectivity index (χ4v) is 2.65. The number of nitrogens with one attached hydrogen (secondary N) is 1. The maximum Gasteiger partial charge on any atom is 0.251 e. The van der Waals surface area contributed by atoms with Crippen LogP contribution in [0.5, 0.6) is 0 Å². The SMILES string of the molecule is Cc1cc(=O)[nH]c(SCC(=O)c2ccc(I)cc2)n1. The van der Waals surface area contributed by atoms with Gasteiger partial charge in [-0.3, -0.25) is 9.59 Å². The van der Waals surface area contributed by atoms with Crippen molar-refractivity contribution in [1.29, 1.82) is 0 Å². The van der Waals surface area contributed by atoms with E-state index >= 15 is 0 Å². The predicted molar refractivity (Wildman–Crippen MR) is 83.8 cm³/mol. The number of aryl methyl sites for hydroxylation is 1. The van der Waals surface area contributed by atoms with Crippen LogP contribution >= 0.6 is 34.4 Å². The van der Waals surface area contributed by atoms with E-state index in [1.807, 2.05) is 12.1 Å². The molecule has 0 aliphatic heterocycles. The Hall–Kier alpha value is -1.15. The van der Waals surface area contributed by atoms with E-state index in [2.05, 4.69) is 32.6 Å². The van der Waals surface area contributed by atoms with E-state index in [0.29, 0.717) is 16.4 Å². The highest BCUT2D eigenvalue weighted by atomic mass is 127. The number of aromatic nitrogens is 2. The Morgan fingerprint density at radius 1 is 1.37 bits per heavy atom. The van der Waals surface area contributed by atoms with E-state index in [1.54, 1.807) is 19.1 Å². The van der Waals surface area contributed by atoms with Crippen molar-refractivity contribution in [3.8, 4) is 0 Å². The van der Waals surface area contributed by atoms with Crippen LogP contribution in [0, 0.1) is 10.5 Å². The molecular formula is C13H11IN2O2S. The summed E-state index contributed by atoms with van der Waals surface area (Å²) in [5, 5.41) is 0.476. The lowest BCUT2D eigenvalue weighted by atomic mass is 10.2. The molecule has 2 rings (SSSR count). The average molecular weight is 386 g/mol. The van der Waals surface area contributed by atoms with Gasteiger partial charge in [-0.15, -0.1) is 0 Å². The van der Waals surface area contributed by atoms with E-state index in [0.717, 1.165) is 3.57 Å². The third-order valence-corrected chi connectivity index (χ3v) is 3.95. The lowest BCUT2D eigenvalue weighted by molar-refractivity contribution is 0.102. The van der Waals surface area contributed by atoms with E-state index in [1.165, 1.54) is 17.8 Å². The van der Waals surface area contributed by atoms with E-state index in [9.17, 15) is 9.59 Å². The van der Waals surface area contributed by atoms with Crippen LogP contribution in [0.2, 0.25) is 0 Å². The average Bonchev–Trinajstić information content (AvgIpc) is 2.36. The lowest BCUT2D eigenvalue weighted by Gasteiger charge is -2.02. The van der Waals surface area contributed by atoms with Gasteiger partial charge < -0.3 is 4.98 Å². The third kappa shape index (κ3) is 4.17. The molecule has 1 aromatic carbocycles. The molecule has 0 saturated heterocycles. The molecule has 0 radical (unpaired) electrons. The highest BCUT2D eigenvalue weighted by Gasteiger charge is 2.08. The second-order valence-corrected chi connectivity index (χ2v) is 6.12. The standard InChI is InChI=1S/C13H11IN2O2S/c1-8-6-12(18)16-13(15-8)19-7-11(17)9-2-4-10(14)5-3-9/h2-6H,7H2,1H3,(H,15,16,18). The monoisotopic (exact) mass is 386 g/mol. The number of carbonyl (C=O) groups excluding carboxylic acids is 1. The van der Waals surface area contributed by atoms with Gasteiger partial charge in [-0.05, 0) is 41.6 Å². The van der Waals surface area contributed by atoms with Gasteiger partial charge in [0.25, 0.3) is 5.56 Å². The number of halogens is 1. The number of hydrogen-bond donors (Lipinski definition) is 1. The quantitative estimate of drug-likeness (QED) is 0.380. The molecule has 0 bridgehead atoms. The Bertz CT molecular complexity index is 652. The molecule has 1 heterocycles. The van der Waals surface area contributed by atoms with Crippen molar-refractivity contribution in [3.05, 3.63) is 55.5 Å². The molecule has 4 nitrogen and oxygen atoms in total. The number of ketones is 1. The largest absolute Gasteiger partial charge is 0.301 e. The van der Waals surface area contributed by atoms with Gasteiger partial charge >= 0.3 is 0 Å². The second kappa shape index (κ2) is 6.33. The summed E-state index contributed by atoms with van der Waals surface area (Å²) < 4.78 is 1.09. The molecular weight excluding hydrogens is 375 g/mol. The minimum Gasteiger partial charge on any atom is -0.301 e. The van der Waals surface area contributed by atoms with Gasteiger partial charge in [0.05, 0.1) is 5.75 Å². The summed E-state index contributed by atoms with van der Waals surface area (Å²) >= 11 is 3.43. The summed E-state index contributed by atoms with van der Waals surface area (Å²) in [6.07, 6.45) is 0. The van der Waals surface area contributed by atoms with E-state index < -0.39 is 0 Å². The summed E-state index contributed by atoms with van der Waals surface area (Å²) in [5.74, 6) is 0.276. The highest BCUT2D eigenvalue weighted by molar-refractivity contribution is 14.1. The van der Waals surface area contributed by atoms with Crippen molar-refractivity contribution >= 4 is 40.1 Å². The predicted octanol–water partition coefficient (Wildman–Crippen LogP) is 2.66. The Morgan fingerprint density at radius 2 is 2.05 bits per heavy atom. The zero-order valence-electron chi connectivity index (χ0n) is 10.1. The maximum atomic E-state index is 12.0. The molecule has 98 valence electrons. The van der Waals surface area contributed by atoms with Crippen molar-refractivity contribution in [1.82, 2.24) is 9.97 Å². The molecule has 1 N–H and O–H groups in total. The van der Waals surface area contributed by atoms with Crippen molar-refractivity contribution in [3.63, 3.8) is 0 Å². The van der Waals surface area contributed by atoms with Crippen LogP contribution in [0.25, 0.3) is 0 Å². The summed E-state index contributed by atoms with van der Waals surface area (Å²) in [4.78, 5) is 30.0. The smallest absolute Gasteiger partial charge is 0.251 e. The molecule has 0 aliphatic rings. The van der Waals surface area contributed by atoms with Crippen LogP contribution in [-0.2, 0) is 0 Å². The zero-order chi connectivity index (χ0) is 13.8. The van der Waals surface area contributed by atoms with Gasteiger partial charge in [0, 0.05) is 20.9 Å². The molecule has 0 spiro atoms. The van der Waals surface area contributed by atoms with Crippen LogP contribution in [0.4, 0.5) is 0 Å². The number of Topliss-reactive ketones (excluding diaryl/α,β-unsaturated/α-hetero) is 1. The molecule has 2 aromatic rings. The molecule has 0 fully saturated rings. The molecule has 0 unspecified atom stereocenters. The first-order valence-electron chi connectivity index (χ1n) is 5.54. The van der Waals surface area contributed by atoms with E-state index in [4.69, 9.17) is 0 Å². The number of nitrogens with zero attached hydrogens (tertiary/aromatic N) is 1.